The summed E-state index contributed by atoms with van der Waals surface area (Å²) < 4.78 is 41.9. The molecule has 0 saturated heterocycles. The summed E-state index contributed by atoms with van der Waals surface area (Å²) in [5.41, 5.74) is -0.452. The fraction of sp³-hybridized carbons (Fsp3) is 0.562. The number of benzene rings is 1. The number of aliphatic hydroxyl groups is 1. The molecular formula is C16H23FN2O5S. The molecular weight excluding hydrogens is 351 g/mol. The number of halogens is 1. The number of sulfonamides is 1. The summed E-state index contributed by atoms with van der Waals surface area (Å²) in [7, 11) is -4.04. The van der Waals surface area contributed by atoms with Gasteiger partial charge in [0, 0.05) is 6.54 Å². The van der Waals surface area contributed by atoms with Crippen LogP contribution in [0.4, 0.5) is 4.39 Å². The first-order chi connectivity index (χ1) is 11.8. The highest BCUT2D eigenvalue weighted by Gasteiger charge is 2.19. The van der Waals surface area contributed by atoms with E-state index >= 15 is 0 Å². The zero-order valence-corrected chi connectivity index (χ0v) is 14.6. The Bertz CT molecular complexity index is 704. The normalized spacial score (nSPS) is 17.2. The highest BCUT2D eigenvalue weighted by Crippen LogP contribution is 2.20. The van der Waals surface area contributed by atoms with Crippen molar-refractivity contribution in [1.29, 1.82) is 0 Å². The third kappa shape index (κ3) is 6.03. The van der Waals surface area contributed by atoms with Crippen molar-refractivity contribution in [3.8, 4) is 0 Å². The molecule has 25 heavy (non-hydrogen) atoms. The second kappa shape index (κ2) is 8.70. The third-order valence-electron chi connectivity index (χ3n) is 4.09. The third-order valence-corrected chi connectivity index (χ3v) is 5.00. The highest BCUT2D eigenvalue weighted by molar-refractivity contribution is 7.89. The van der Waals surface area contributed by atoms with Gasteiger partial charge in [-0.2, -0.15) is 0 Å². The van der Waals surface area contributed by atoms with Crippen molar-refractivity contribution in [2.45, 2.75) is 49.2 Å². The maximum absolute atomic E-state index is 13.7. The molecule has 0 bridgehead atoms. The van der Waals surface area contributed by atoms with Gasteiger partial charge in [0.25, 0.3) is 5.91 Å². The summed E-state index contributed by atoms with van der Waals surface area (Å²) >= 11 is 0. The van der Waals surface area contributed by atoms with Crippen LogP contribution in [0, 0.1) is 5.82 Å². The standard InChI is InChI=1S/C16H23FN2O5S/c17-15-7-6-13(25(18,22)23)8-14(15)16(21)19-9-11(20)10-24-12-4-2-1-3-5-12/h6-8,11-12,20H,1-5,9-10H2,(H,19,21)(H2,18,22,23)/t11-/m0/s1. The maximum Gasteiger partial charge on any atom is 0.254 e. The largest absolute Gasteiger partial charge is 0.389 e. The number of aliphatic hydroxyl groups excluding tert-OH is 1. The van der Waals surface area contributed by atoms with E-state index in [1.165, 1.54) is 6.42 Å². The summed E-state index contributed by atoms with van der Waals surface area (Å²) in [4.78, 5) is 11.7. The molecule has 9 heteroatoms. The SMILES string of the molecule is NS(=O)(=O)c1ccc(F)c(C(=O)NC[C@H](O)COC2CCCCC2)c1. The molecule has 1 aliphatic rings. The Morgan fingerprint density at radius 1 is 1.36 bits per heavy atom. The zero-order valence-electron chi connectivity index (χ0n) is 13.8. The molecule has 4 N–H and O–H groups in total. The molecule has 0 radical (unpaired) electrons. The van der Waals surface area contributed by atoms with Gasteiger partial charge in [0.05, 0.1) is 29.3 Å². The van der Waals surface area contributed by atoms with Crippen molar-refractivity contribution in [1.82, 2.24) is 5.32 Å². The van der Waals surface area contributed by atoms with E-state index in [2.05, 4.69) is 5.32 Å². The molecule has 1 atom stereocenters. The Hall–Kier alpha value is -1.55. The Morgan fingerprint density at radius 2 is 2.04 bits per heavy atom. The van der Waals surface area contributed by atoms with Crippen molar-refractivity contribution >= 4 is 15.9 Å². The molecule has 7 nitrogen and oxygen atoms in total. The quantitative estimate of drug-likeness (QED) is 0.656. The number of amides is 1. The van der Waals surface area contributed by atoms with Gasteiger partial charge in [0.15, 0.2) is 0 Å². The van der Waals surface area contributed by atoms with Gasteiger partial charge in [-0.3, -0.25) is 4.79 Å². The minimum Gasteiger partial charge on any atom is -0.389 e. The van der Waals surface area contributed by atoms with E-state index in [4.69, 9.17) is 9.88 Å². The minimum absolute atomic E-state index is 0.0741. The molecule has 140 valence electrons. The van der Waals surface area contributed by atoms with Crippen LogP contribution in [0.15, 0.2) is 23.1 Å². The van der Waals surface area contributed by atoms with Crippen LogP contribution in [0.1, 0.15) is 42.5 Å². The number of nitrogens with two attached hydrogens (primary N) is 1. The first kappa shape index (κ1) is 19.8. The molecule has 0 unspecified atom stereocenters. The molecule has 1 aromatic carbocycles. The number of carbonyl (C=O) groups is 1. The van der Waals surface area contributed by atoms with Crippen LogP contribution < -0.4 is 10.5 Å². The molecule has 1 aliphatic carbocycles. The molecule has 0 spiro atoms. The van der Waals surface area contributed by atoms with Crippen molar-refractivity contribution in [3.05, 3.63) is 29.6 Å². The van der Waals surface area contributed by atoms with Gasteiger partial charge in [-0.15, -0.1) is 0 Å². The summed E-state index contributed by atoms with van der Waals surface area (Å²) in [6.45, 7) is -0.0603. The first-order valence-electron chi connectivity index (χ1n) is 8.17. The number of nitrogens with one attached hydrogen (secondary N) is 1. The predicted molar refractivity (Wildman–Crippen MR) is 88.9 cm³/mol. The monoisotopic (exact) mass is 374 g/mol. The number of rotatable bonds is 7. The van der Waals surface area contributed by atoms with Crippen LogP contribution >= 0.6 is 0 Å². The van der Waals surface area contributed by atoms with Crippen molar-refractivity contribution < 1.29 is 27.4 Å². The van der Waals surface area contributed by atoms with E-state index in [0.29, 0.717) is 0 Å². The highest BCUT2D eigenvalue weighted by atomic mass is 32.2. The number of primary sulfonamides is 1. The van der Waals surface area contributed by atoms with E-state index in [1.807, 2.05) is 0 Å². The van der Waals surface area contributed by atoms with Gasteiger partial charge in [0.2, 0.25) is 10.0 Å². The fourth-order valence-electron chi connectivity index (χ4n) is 2.70. The second-order valence-electron chi connectivity index (χ2n) is 6.14. The minimum atomic E-state index is -4.04. The number of hydrogen-bond donors (Lipinski definition) is 3. The van der Waals surface area contributed by atoms with Crippen LogP contribution in [0.5, 0.6) is 0 Å². The lowest BCUT2D eigenvalue weighted by atomic mass is 9.98. The Balaban J connectivity index is 1.87. The zero-order chi connectivity index (χ0) is 18.4. The molecule has 0 aliphatic heterocycles. The summed E-state index contributed by atoms with van der Waals surface area (Å²) in [6, 6.07) is 2.70. The van der Waals surface area contributed by atoms with Gasteiger partial charge < -0.3 is 15.2 Å². The Labute approximate surface area is 146 Å². The van der Waals surface area contributed by atoms with Crippen LogP contribution in [0.25, 0.3) is 0 Å². The predicted octanol–water partition coefficient (Wildman–Crippen LogP) is 0.913. The summed E-state index contributed by atoms with van der Waals surface area (Å²) in [6.07, 6.45) is 4.53. The molecule has 0 aromatic heterocycles. The lowest BCUT2D eigenvalue weighted by molar-refractivity contribution is -0.0225. The second-order valence-corrected chi connectivity index (χ2v) is 7.71. The first-order valence-corrected chi connectivity index (χ1v) is 9.72. The van der Waals surface area contributed by atoms with Crippen LogP contribution in [-0.2, 0) is 14.8 Å². The summed E-state index contributed by atoms with van der Waals surface area (Å²) in [5.74, 6) is -1.71. The van der Waals surface area contributed by atoms with Crippen LogP contribution in [0.2, 0.25) is 0 Å². The summed E-state index contributed by atoms with van der Waals surface area (Å²) in [5, 5.41) is 17.2. The van der Waals surface area contributed by atoms with Gasteiger partial charge in [-0.25, -0.2) is 17.9 Å². The smallest absolute Gasteiger partial charge is 0.254 e. The molecule has 1 saturated carbocycles. The van der Waals surface area contributed by atoms with E-state index in [-0.39, 0.29) is 24.2 Å². The van der Waals surface area contributed by atoms with Crippen molar-refractivity contribution in [3.63, 3.8) is 0 Å². The Kier molecular flexibility index (Phi) is 6.88. The van der Waals surface area contributed by atoms with Crippen LogP contribution in [-0.4, -0.2) is 44.8 Å². The van der Waals surface area contributed by atoms with Crippen molar-refractivity contribution in [2.24, 2.45) is 5.14 Å². The average molecular weight is 374 g/mol. The molecule has 2 rings (SSSR count). The van der Waals surface area contributed by atoms with E-state index in [9.17, 15) is 22.7 Å². The van der Waals surface area contributed by atoms with Gasteiger partial charge >= 0.3 is 0 Å². The molecule has 0 heterocycles. The van der Waals surface area contributed by atoms with Gasteiger partial charge in [0.1, 0.15) is 5.82 Å². The van der Waals surface area contributed by atoms with Gasteiger partial charge in [-0.05, 0) is 31.0 Å². The molecule has 1 aromatic rings. The lowest BCUT2D eigenvalue weighted by Gasteiger charge is -2.23. The number of ether oxygens (including phenoxy) is 1. The maximum atomic E-state index is 13.7. The van der Waals surface area contributed by atoms with E-state index in [1.54, 1.807) is 0 Å². The lowest BCUT2D eigenvalue weighted by Crippen LogP contribution is -2.36. The molecule has 1 amide bonds. The van der Waals surface area contributed by atoms with Gasteiger partial charge in [-0.1, -0.05) is 19.3 Å². The number of hydrogen-bond acceptors (Lipinski definition) is 5. The van der Waals surface area contributed by atoms with E-state index < -0.39 is 33.4 Å². The van der Waals surface area contributed by atoms with E-state index in [0.717, 1.165) is 43.9 Å². The average Bonchev–Trinajstić information content (AvgIpc) is 2.58. The molecule has 1 fully saturated rings. The van der Waals surface area contributed by atoms with Crippen LogP contribution in [0.3, 0.4) is 0 Å². The topological polar surface area (TPSA) is 119 Å². The Morgan fingerprint density at radius 3 is 2.68 bits per heavy atom. The number of carbonyl (C=O) groups excluding carboxylic acids is 1. The fourth-order valence-corrected chi connectivity index (χ4v) is 3.24. The van der Waals surface area contributed by atoms with Crippen molar-refractivity contribution in [2.75, 3.05) is 13.2 Å².